The van der Waals surface area contributed by atoms with E-state index >= 15 is 0 Å². The summed E-state index contributed by atoms with van der Waals surface area (Å²) in [6.07, 6.45) is 6.61. The molecule has 0 unspecified atom stereocenters. The number of aromatic nitrogens is 1. The van der Waals surface area contributed by atoms with E-state index in [0.717, 1.165) is 47.6 Å². The van der Waals surface area contributed by atoms with Crippen molar-refractivity contribution in [3.8, 4) is 5.75 Å². The molecule has 7 nitrogen and oxygen atoms in total. The maximum atomic E-state index is 13.1. The van der Waals surface area contributed by atoms with Crippen LogP contribution in [0.3, 0.4) is 0 Å². The van der Waals surface area contributed by atoms with Gasteiger partial charge in [-0.05, 0) is 56.6 Å². The van der Waals surface area contributed by atoms with Gasteiger partial charge in [0.05, 0.1) is 22.8 Å². The molecule has 0 aliphatic heterocycles. The number of nitrogens with zero attached hydrogens (tertiary/aromatic N) is 2. The number of carbonyl (C=O) groups excluding carboxylic acids is 1. The second kappa shape index (κ2) is 12.1. The summed E-state index contributed by atoms with van der Waals surface area (Å²) in [4.78, 5) is 30.1. The molecule has 1 saturated carbocycles. The number of ether oxygens (including phenoxy) is 1. The van der Waals surface area contributed by atoms with Crippen LogP contribution < -0.4 is 10.1 Å². The van der Waals surface area contributed by atoms with E-state index < -0.39 is 5.97 Å². The van der Waals surface area contributed by atoms with Crippen molar-refractivity contribution in [3.05, 3.63) is 36.0 Å². The molecule has 1 heterocycles. The number of nitrogens with one attached hydrogen (secondary N) is 1. The molecule has 0 atom stereocenters. The fraction of sp³-hybridized carbons (Fsp3) is 0.522. The Balaban J connectivity index is 1.57. The number of rotatable bonds is 10. The molecular weight excluding hydrogens is 446 g/mol. The first-order valence-electron chi connectivity index (χ1n) is 11.0. The van der Waals surface area contributed by atoms with Crippen molar-refractivity contribution in [3.63, 3.8) is 0 Å². The van der Waals surface area contributed by atoms with Crippen LogP contribution in [-0.2, 0) is 4.79 Å². The van der Waals surface area contributed by atoms with Crippen molar-refractivity contribution in [2.24, 2.45) is 5.92 Å². The van der Waals surface area contributed by atoms with Crippen LogP contribution in [-0.4, -0.2) is 51.9 Å². The summed E-state index contributed by atoms with van der Waals surface area (Å²) in [6.45, 7) is 5.45. The number of hydrogen-bond donors (Lipinski definition) is 2. The largest absolute Gasteiger partial charge is 0.493 e. The molecule has 2 N–H and O–H groups in total. The van der Waals surface area contributed by atoms with Crippen LogP contribution in [0.25, 0.3) is 0 Å². The van der Waals surface area contributed by atoms with Crippen molar-refractivity contribution in [2.75, 3.05) is 24.2 Å². The van der Waals surface area contributed by atoms with Crippen molar-refractivity contribution in [1.29, 1.82) is 0 Å². The summed E-state index contributed by atoms with van der Waals surface area (Å²) in [5.41, 5.74) is 1.10. The maximum absolute atomic E-state index is 13.1. The maximum Gasteiger partial charge on any atom is 0.323 e. The number of benzene rings is 1. The van der Waals surface area contributed by atoms with Crippen molar-refractivity contribution >= 4 is 40.2 Å². The summed E-state index contributed by atoms with van der Waals surface area (Å²) in [5, 5.41) is 12.2. The highest BCUT2D eigenvalue weighted by Crippen LogP contribution is 2.30. The number of urea groups is 1. The van der Waals surface area contributed by atoms with E-state index in [1.807, 2.05) is 36.1 Å². The molecule has 2 aromatic rings. The second-order valence-corrected chi connectivity index (χ2v) is 10.5. The predicted octanol–water partition coefficient (Wildman–Crippen LogP) is 5.51. The normalized spacial score (nSPS) is 18.2. The van der Waals surface area contributed by atoms with Gasteiger partial charge in [0.1, 0.15) is 5.75 Å². The third-order valence-corrected chi connectivity index (χ3v) is 7.71. The molecule has 1 aliphatic rings. The number of aliphatic carboxylic acids is 1. The lowest BCUT2D eigenvalue weighted by molar-refractivity contribution is -0.133. The highest BCUT2D eigenvalue weighted by atomic mass is 32.2. The van der Waals surface area contributed by atoms with Gasteiger partial charge in [0.2, 0.25) is 0 Å². The van der Waals surface area contributed by atoms with E-state index in [9.17, 15) is 9.59 Å². The van der Waals surface area contributed by atoms with Crippen LogP contribution in [0, 0.1) is 12.8 Å². The zero-order valence-electron chi connectivity index (χ0n) is 18.6. The molecule has 1 aliphatic carbocycles. The minimum absolute atomic E-state index is 0.0249. The highest BCUT2D eigenvalue weighted by Gasteiger charge is 2.28. The molecule has 0 radical (unpaired) electrons. The SMILES string of the molecule is Cc1ccccc1OCCCN(C(=O)Nc1ncc(SCC(=O)O)s1)C1CCC(C)CC1. The monoisotopic (exact) mass is 477 g/mol. The van der Waals surface area contributed by atoms with Crippen LogP contribution in [0.1, 0.15) is 44.6 Å². The standard InChI is InChI=1S/C23H31N3O4S2/c1-16-8-10-18(11-9-16)26(12-5-13-30-19-7-4-3-6-17(19)2)23(29)25-22-24-14-21(32-22)31-15-20(27)28/h3-4,6-7,14,16,18H,5,8-13,15H2,1-2H3,(H,27,28)(H,24,25,29). The third-order valence-electron chi connectivity index (χ3n) is 5.62. The van der Waals surface area contributed by atoms with Crippen LogP contribution in [0.2, 0.25) is 0 Å². The van der Waals surface area contributed by atoms with Gasteiger partial charge in [-0.15, -0.1) is 11.8 Å². The van der Waals surface area contributed by atoms with Gasteiger partial charge in [0.15, 0.2) is 5.13 Å². The lowest BCUT2D eigenvalue weighted by atomic mass is 9.86. The molecule has 1 aromatic carbocycles. The Bertz CT molecular complexity index is 897. The van der Waals surface area contributed by atoms with Crippen molar-refractivity contribution < 1.29 is 19.4 Å². The molecule has 3 rings (SSSR count). The number of amides is 2. The minimum atomic E-state index is -0.875. The van der Waals surface area contributed by atoms with E-state index in [2.05, 4.69) is 17.2 Å². The molecule has 0 bridgehead atoms. The first kappa shape index (κ1) is 24.4. The zero-order chi connectivity index (χ0) is 22.9. The van der Waals surface area contributed by atoms with E-state index in [1.54, 1.807) is 6.20 Å². The van der Waals surface area contributed by atoms with Gasteiger partial charge in [-0.1, -0.05) is 36.5 Å². The average molecular weight is 478 g/mol. The average Bonchev–Trinajstić information content (AvgIpc) is 3.21. The number of carboxylic acids is 1. The Morgan fingerprint density at radius 3 is 2.75 bits per heavy atom. The third kappa shape index (κ3) is 7.41. The van der Waals surface area contributed by atoms with E-state index in [-0.39, 0.29) is 17.8 Å². The van der Waals surface area contributed by atoms with Crippen LogP contribution in [0.15, 0.2) is 34.7 Å². The van der Waals surface area contributed by atoms with Gasteiger partial charge in [-0.25, -0.2) is 9.78 Å². The zero-order valence-corrected chi connectivity index (χ0v) is 20.2. The van der Waals surface area contributed by atoms with Gasteiger partial charge in [0, 0.05) is 12.6 Å². The second-order valence-electron chi connectivity index (χ2n) is 8.17. The molecular formula is C23H31N3O4S2. The van der Waals surface area contributed by atoms with Gasteiger partial charge in [-0.3, -0.25) is 10.1 Å². The van der Waals surface area contributed by atoms with Gasteiger partial charge in [0.25, 0.3) is 0 Å². The number of thiazole rings is 1. The number of para-hydroxylation sites is 1. The van der Waals surface area contributed by atoms with Gasteiger partial charge in [-0.2, -0.15) is 0 Å². The molecule has 2 amide bonds. The Morgan fingerprint density at radius 2 is 2.03 bits per heavy atom. The number of carboxylic acid groups (broad SMARTS) is 1. The Morgan fingerprint density at radius 1 is 1.28 bits per heavy atom. The minimum Gasteiger partial charge on any atom is -0.493 e. The Kier molecular flexibility index (Phi) is 9.23. The first-order valence-corrected chi connectivity index (χ1v) is 12.8. The van der Waals surface area contributed by atoms with E-state index in [4.69, 9.17) is 9.84 Å². The van der Waals surface area contributed by atoms with Crippen molar-refractivity contribution in [1.82, 2.24) is 9.88 Å². The summed E-state index contributed by atoms with van der Waals surface area (Å²) in [6, 6.07) is 8.00. The molecule has 32 heavy (non-hydrogen) atoms. The number of carbonyl (C=O) groups is 2. The number of aryl methyl sites for hydroxylation is 1. The number of thioether (sulfide) groups is 1. The van der Waals surface area contributed by atoms with Crippen LogP contribution in [0.5, 0.6) is 5.75 Å². The van der Waals surface area contributed by atoms with Crippen molar-refractivity contribution in [2.45, 2.75) is 56.2 Å². The van der Waals surface area contributed by atoms with Gasteiger partial charge < -0.3 is 14.7 Å². The predicted molar refractivity (Wildman–Crippen MR) is 129 cm³/mol. The number of hydrogen-bond acceptors (Lipinski definition) is 6. The highest BCUT2D eigenvalue weighted by molar-refractivity contribution is 8.01. The summed E-state index contributed by atoms with van der Waals surface area (Å²) in [7, 11) is 0. The smallest absolute Gasteiger partial charge is 0.323 e. The molecule has 0 saturated heterocycles. The lowest BCUT2D eigenvalue weighted by Crippen LogP contribution is -2.45. The molecule has 174 valence electrons. The van der Waals surface area contributed by atoms with E-state index in [0.29, 0.717) is 24.2 Å². The molecule has 0 spiro atoms. The molecule has 9 heteroatoms. The quantitative estimate of drug-likeness (QED) is 0.346. The summed E-state index contributed by atoms with van der Waals surface area (Å²) >= 11 is 2.50. The summed E-state index contributed by atoms with van der Waals surface area (Å²) < 4.78 is 6.69. The summed E-state index contributed by atoms with van der Waals surface area (Å²) in [5.74, 6) is 0.681. The lowest BCUT2D eigenvalue weighted by Gasteiger charge is -2.36. The van der Waals surface area contributed by atoms with Crippen LogP contribution in [0.4, 0.5) is 9.93 Å². The van der Waals surface area contributed by atoms with E-state index in [1.165, 1.54) is 23.1 Å². The fourth-order valence-electron chi connectivity index (χ4n) is 3.82. The molecule has 1 aromatic heterocycles. The Hall–Kier alpha value is -2.26. The first-order chi connectivity index (χ1) is 15.4. The Labute approximate surface area is 197 Å². The fourth-order valence-corrected chi connectivity index (χ4v) is 5.40. The topological polar surface area (TPSA) is 91.8 Å². The molecule has 1 fully saturated rings. The number of anilines is 1. The van der Waals surface area contributed by atoms with Crippen LogP contribution >= 0.6 is 23.1 Å². The van der Waals surface area contributed by atoms with Gasteiger partial charge >= 0.3 is 12.0 Å².